The highest BCUT2D eigenvalue weighted by Crippen LogP contribution is 2.60. The highest BCUT2D eigenvalue weighted by Gasteiger charge is 2.60. The lowest BCUT2D eigenvalue weighted by Gasteiger charge is -2.22. The molecule has 26 heavy (non-hydrogen) atoms. The molecule has 1 amide bonds. The number of ether oxygens (including phenoxy) is 1. The molecule has 1 unspecified atom stereocenters. The van der Waals surface area contributed by atoms with Crippen molar-refractivity contribution in [2.75, 3.05) is 23.4 Å². The van der Waals surface area contributed by atoms with Crippen LogP contribution < -0.4 is 5.32 Å². The molecule has 1 saturated carbocycles. The van der Waals surface area contributed by atoms with Gasteiger partial charge in [-0.15, -0.1) is 0 Å². The number of amides is 1. The zero-order valence-corrected chi connectivity index (χ0v) is 14.7. The zero-order chi connectivity index (χ0) is 18.9. The van der Waals surface area contributed by atoms with Crippen molar-refractivity contribution in [2.24, 2.45) is 11.3 Å². The van der Waals surface area contributed by atoms with Gasteiger partial charge in [-0.3, -0.25) is 19.7 Å². The second-order valence-corrected chi connectivity index (χ2v) is 9.04. The van der Waals surface area contributed by atoms with E-state index in [1.54, 1.807) is 0 Å². The van der Waals surface area contributed by atoms with Crippen LogP contribution in [0, 0.1) is 21.4 Å². The van der Waals surface area contributed by atoms with Gasteiger partial charge in [0, 0.05) is 17.8 Å². The highest BCUT2D eigenvalue weighted by molar-refractivity contribution is 7.91. The Morgan fingerprint density at radius 1 is 1.31 bits per heavy atom. The number of carbonyl (C=O) groups excluding carboxylic acids is 2. The van der Waals surface area contributed by atoms with Crippen molar-refractivity contribution in [3.8, 4) is 0 Å². The van der Waals surface area contributed by atoms with Gasteiger partial charge in [-0.2, -0.15) is 0 Å². The maximum Gasteiger partial charge on any atom is 0.310 e. The van der Waals surface area contributed by atoms with Gasteiger partial charge in [0.2, 0.25) is 0 Å². The third kappa shape index (κ3) is 4.01. The van der Waals surface area contributed by atoms with Gasteiger partial charge in [0.05, 0.1) is 22.3 Å². The number of carbonyl (C=O) groups is 2. The van der Waals surface area contributed by atoms with E-state index in [9.17, 15) is 28.1 Å². The van der Waals surface area contributed by atoms with Crippen molar-refractivity contribution in [3.05, 3.63) is 34.4 Å². The van der Waals surface area contributed by atoms with Crippen molar-refractivity contribution >= 4 is 33.1 Å². The fraction of sp³-hybridized carbons (Fsp3) is 0.500. The Morgan fingerprint density at radius 2 is 2.00 bits per heavy atom. The van der Waals surface area contributed by atoms with Gasteiger partial charge in [-0.05, 0) is 30.7 Å². The van der Waals surface area contributed by atoms with Crippen LogP contribution in [0.5, 0.6) is 0 Å². The van der Waals surface area contributed by atoms with E-state index < -0.39 is 33.2 Å². The lowest BCUT2D eigenvalue weighted by Crippen LogP contribution is -2.28. The maximum atomic E-state index is 12.1. The van der Waals surface area contributed by atoms with Crippen LogP contribution in [0.4, 0.5) is 11.4 Å². The first-order chi connectivity index (χ1) is 12.2. The van der Waals surface area contributed by atoms with Crippen molar-refractivity contribution in [1.29, 1.82) is 0 Å². The van der Waals surface area contributed by atoms with Gasteiger partial charge >= 0.3 is 5.97 Å². The Hall–Kier alpha value is -2.49. The van der Waals surface area contributed by atoms with Crippen LogP contribution in [-0.4, -0.2) is 43.3 Å². The summed E-state index contributed by atoms with van der Waals surface area (Å²) in [5.41, 5.74) is -0.216. The lowest BCUT2D eigenvalue weighted by atomic mass is 9.96. The van der Waals surface area contributed by atoms with E-state index in [-0.39, 0.29) is 34.2 Å². The van der Waals surface area contributed by atoms with Gasteiger partial charge in [0.25, 0.3) is 11.6 Å². The Morgan fingerprint density at radius 3 is 2.65 bits per heavy atom. The second kappa shape index (κ2) is 6.67. The molecule has 0 bridgehead atoms. The number of benzene rings is 1. The van der Waals surface area contributed by atoms with Crippen LogP contribution in [0.1, 0.15) is 19.3 Å². The summed E-state index contributed by atoms with van der Waals surface area (Å²) < 4.78 is 28.0. The molecule has 0 aromatic heterocycles. The third-order valence-corrected chi connectivity index (χ3v) is 6.63. The molecule has 1 aliphatic carbocycles. The molecule has 2 fully saturated rings. The van der Waals surface area contributed by atoms with E-state index >= 15 is 0 Å². The first kappa shape index (κ1) is 18.3. The van der Waals surface area contributed by atoms with Crippen LogP contribution in [0.2, 0.25) is 0 Å². The molecular formula is C16H18N2O7S. The predicted molar refractivity (Wildman–Crippen MR) is 91.1 cm³/mol. The Balaban J connectivity index is 1.47. The predicted octanol–water partition coefficient (Wildman–Crippen LogP) is 1.29. The molecule has 10 heteroatoms. The largest absolute Gasteiger partial charge is 0.455 e. The van der Waals surface area contributed by atoms with E-state index in [0.717, 1.165) is 0 Å². The molecule has 1 heterocycles. The number of non-ortho nitro benzene ring substituents is 1. The SMILES string of the molecule is O=C(COC(=O)C1CC12CCS(=O)(=O)CC2)Nc1cccc([N+](=O)[O-])c1. The molecular weight excluding hydrogens is 364 g/mol. The summed E-state index contributed by atoms with van der Waals surface area (Å²) in [4.78, 5) is 34.1. The first-order valence-corrected chi connectivity index (χ1v) is 9.94. The average molecular weight is 382 g/mol. The van der Waals surface area contributed by atoms with Crippen LogP contribution in [0.15, 0.2) is 24.3 Å². The summed E-state index contributed by atoms with van der Waals surface area (Å²) in [7, 11) is -3.00. The van der Waals surface area contributed by atoms with E-state index in [1.807, 2.05) is 0 Å². The fourth-order valence-corrected chi connectivity index (χ4v) is 4.95. The standard InChI is InChI=1S/C16H18N2O7S/c19-14(17-11-2-1-3-12(8-11)18(21)22)10-25-15(20)13-9-16(13)4-6-26(23,24)7-5-16/h1-3,8,13H,4-7,9-10H2,(H,17,19). The van der Waals surface area contributed by atoms with E-state index in [2.05, 4.69) is 5.32 Å². The van der Waals surface area contributed by atoms with E-state index in [4.69, 9.17) is 4.74 Å². The number of nitro benzene ring substituents is 1. The van der Waals surface area contributed by atoms with Gasteiger partial charge < -0.3 is 10.1 Å². The topological polar surface area (TPSA) is 133 Å². The molecule has 140 valence electrons. The van der Waals surface area contributed by atoms with Crippen molar-refractivity contribution in [2.45, 2.75) is 19.3 Å². The summed E-state index contributed by atoms with van der Waals surface area (Å²) in [6.07, 6.45) is 1.50. The van der Waals surface area contributed by atoms with Crippen molar-refractivity contribution < 1.29 is 27.7 Å². The van der Waals surface area contributed by atoms with Gasteiger partial charge in [-0.1, -0.05) is 6.07 Å². The molecule has 1 N–H and O–H groups in total. The van der Waals surface area contributed by atoms with Crippen LogP contribution >= 0.6 is 0 Å². The van der Waals surface area contributed by atoms with Gasteiger partial charge in [-0.25, -0.2) is 8.42 Å². The molecule has 3 rings (SSSR count). The summed E-state index contributed by atoms with van der Waals surface area (Å²) in [5.74, 6) is -1.28. The van der Waals surface area contributed by atoms with E-state index in [0.29, 0.717) is 19.3 Å². The molecule has 1 atom stereocenters. The van der Waals surface area contributed by atoms with E-state index in [1.165, 1.54) is 24.3 Å². The van der Waals surface area contributed by atoms with Crippen molar-refractivity contribution in [1.82, 2.24) is 0 Å². The minimum atomic E-state index is -3.00. The number of sulfone groups is 1. The maximum absolute atomic E-state index is 12.1. The summed E-state index contributed by atoms with van der Waals surface area (Å²) >= 11 is 0. The van der Waals surface area contributed by atoms with Gasteiger partial charge in [0.1, 0.15) is 9.84 Å². The molecule has 1 saturated heterocycles. The molecule has 1 spiro atoms. The minimum absolute atomic E-state index is 0.0874. The molecule has 1 aromatic carbocycles. The molecule has 0 radical (unpaired) electrons. The number of nitrogens with one attached hydrogen (secondary N) is 1. The quantitative estimate of drug-likeness (QED) is 0.461. The molecule has 2 aliphatic rings. The summed E-state index contributed by atoms with van der Waals surface area (Å²) in [6, 6.07) is 5.43. The van der Waals surface area contributed by atoms with Gasteiger partial charge in [0.15, 0.2) is 6.61 Å². The van der Waals surface area contributed by atoms with Crippen molar-refractivity contribution in [3.63, 3.8) is 0 Å². The minimum Gasteiger partial charge on any atom is -0.455 e. The Labute approximate surface area is 149 Å². The lowest BCUT2D eigenvalue weighted by molar-refractivity contribution is -0.384. The first-order valence-electron chi connectivity index (χ1n) is 8.12. The summed E-state index contributed by atoms with van der Waals surface area (Å²) in [5, 5.41) is 13.1. The fourth-order valence-electron chi connectivity index (χ4n) is 3.31. The second-order valence-electron chi connectivity index (χ2n) is 6.73. The Bertz CT molecular complexity index is 851. The van der Waals surface area contributed by atoms with Crippen LogP contribution in [0.25, 0.3) is 0 Å². The highest BCUT2D eigenvalue weighted by atomic mass is 32.2. The number of hydrogen-bond donors (Lipinski definition) is 1. The van der Waals surface area contributed by atoms with Crippen LogP contribution in [-0.2, 0) is 24.2 Å². The monoisotopic (exact) mass is 382 g/mol. The van der Waals surface area contributed by atoms with Crippen LogP contribution in [0.3, 0.4) is 0 Å². The number of hydrogen-bond acceptors (Lipinski definition) is 7. The number of nitro groups is 1. The average Bonchev–Trinajstić information content (AvgIpc) is 3.30. The third-order valence-electron chi connectivity index (χ3n) is 4.98. The molecule has 1 aliphatic heterocycles. The summed E-state index contributed by atoms with van der Waals surface area (Å²) in [6.45, 7) is -0.494. The number of nitrogens with zero attached hydrogens (tertiary/aromatic N) is 1. The zero-order valence-electron chi connectivity index (χ0n) is 13.8. The number of rotatable bonds is 5. The molecule has 9 nitrogen and oxygen atoms in total. The smallest absolute Gasteiger partial charge is 0.310 e. The molecule has 1 aromatic rings. The number of anilines is 1. The number of esters is 1. The normalized spacial score (nSPS) is 22.4. The Kier molecular flexibility index (Phi) is 4.70.